The first-order chi connectivity index (χ1) is 25.3. The summed E-state index contributed by atoms with van der Waals surface area (Å²) in [6, 6.07) is 47.6. The largest absolute Gasteiger partial charge is 0.453 e. The van der Waals surface area contributed by atoms with Gasteiger partial charge in [-0.1, -0.05) is 93.6 Å². The number of nitrogens with zero attached hydrogens (tertiary/aromatic N) is 2. The molecule has 0 saturated heterocycles. The van der Waals surface area contributed by atoms with Crippen molar-refractivity contribution in [1.29, 1.82) is 0 Å². The molecule has 0 unspecified atom stereocenters. The maximum atomic E-state index is 14.6. The summed E-state index contributed by atoms with van der Waals surface area (Å²) < 4.78 is 42.2. The second-order valence-corrected chi connectivity index (χ2v) is 14.1. The van der Waals surface area contributed by atoms with Crippen LogP contribution in [0, 0.1) is 11.6 Å². The van der Waals surface area contributed by atoms with Crippen LogP contribution in [-0.4, -0.2) is 0 Å². The van der Waals surface area contributed by atoms with Gasteiger partial charge in [0.1, 0.15) is 11.6 Å². The minimum atomic E-state index is -0.500. The van der Waals surface area contributed by atoms with E-state index in [0.717, 1.165) is 84.9 Å². The Labute approximate surface area is 301 Å². The summed E-state index contributed by atoms with van der Waals surface area (Å²) in [5.41, 5.74) is 9.29. The molecule has 0 N–H and O–H groups in total. The Morgan fingerprint density at radius 3 is 1.04 bits per heavy atom. The Kier molecular flexibility index (Phi) is 7.37. The molecule has 2 heterocycles. The Morgan fingerprint density at radius 1 is 0.423 bits per heavy atom. The second-order valence-electron chi connectivity index (χ2n) is 14.1. The van der Waals surface area contributed by atoms with Gasteiger partial charge in [0.15, 0.2) is 23.0 Å². The average Bonchev–Trinajstić information content (AvgIpc) is 3.15. The minimum absolute atomic E-state index is 0.319. The number of halogens is 2. The number of hydrogen-bond donors (Lipinski definition) is 0. The van der Waals surface area contributed by atoms with E-state index in [2.05, 4.69) is 60.9 Å². The average molecular weight is 685 g/mol. The summed E-state index contributed by atoms with van der Waals surface area (Å²) in [5, 5.41) is 0. The van der Waals surface area contributed by atoms with Crippen LogP contribution < -0.4 is 19.3 Å². The Balaban J connectivity index is 1.50. The molecule has 0 saturated carbocycles. The third-order valence-corrected chi connectivity index (χ3v) is 9.64. The normalized spacial score (nSPS) is 12.9. The molecule has 0 radical (unpaired) electrons. The first-order valence-corrected chi connectivity index (χ1v) is 17.3. The molecule has 254 valence electrons. The van der Waals surface area contributed by atoms with Crippen LogP contribution in [0.1, 0.15) is 26.3 Å². The summed E-state index contributed by atoms with van der Waals surface area (Å²) in [5.74, 6) is 2.24. The van der Waals surface area contributed by atoms with Gasteiger partial charge in [0.05, 0.1) is 34.1 Å². The van der Waals surface area contributed by atoms with Crippen molar-refractivity contribution < 1.29 is 18.3 Å². The van der Waals surface area contributed by atoms with Gasteiger partial charge in [-0.2, -0.15) is 0 Å². The molecule has 0 aliphatic carbocycles. The van der Waals surface area contributed by atoms with Gasteiger partial charge in [-0.3, -0.25) is 0 Å². The monoisotopic (exact) mass is 684 g/mol. The van der Waals surface area contributed by atoms with E-state index in [0.29, 0.717) is 0 Å². The van der Waals surface area contributed by atoms with E-state index in [1.54, 1.807) is 0 Å². The summed E-state index contributed by atoms with van der Waals surface area (Å²) in [6.07, 6.45) is 0. The molecule has 0 fully saturated rings. The number of benzene rings is 7. The van der Waals surface area contributed by atoms with Crippen LogP contribution >= 0.6 is 0 Å². The van der Waals surface area contributed by atoms with Crippen molar-refractivity contribution >= 4 is 34.1 Å². The van der Waals surface area contributed by atoms with Gasteiger partial charge in [0.25, 0.3) is 0 Å². The summed E-state index contributed by atoms with van der Waals surface area (Å²) in [6.45, 7) is 6.65. The van der Waals surface area contributed by atoms with Gasteiger partial charge in [-0.25, -0.2) is 8.78 Å². The first kappa shape index (κ1) is 31.6. The zero-order chi connectivity index (χ0) is 35.6. The lowest BCUT2D eigenvalue weighted by Crippen LogP contribution is -2.27. The van der Waals surface area contributed by atoms with Gasteiger partial charge in [-0.15, -0.1) is 0 Å². The highest BCUT2D eigenvalue weighted by Gasteiger charge is 2.39. The molecule has 0 aromatic heterocycles. The van der Waals surface area contributed by atoms with Crippen molar-refractivity contribution in [3.05, 3.63) is 169 Å². The first-order valence-electron chi connectivity index (χ1n) is 17.3. The lowest BCUT2D eigenvalue weighted by molar-refractivity contribution is 0.476. The zero-order valence-corrected chi connectivity index (χ0v) is 28.9. The van der Waals surface area contributed by atoms with Crippen LogP contribution in [0.15, 0.2) is 152 Å². The SMILES string of the molecule is CC(C)(C)c1c(N2c3ccccc3Oc3ccccc32)c(-c2ccc(F)cc2)cc(-c2ccc(F)cc2)c1N1c2ccccc2Oc2ccccc21. The highest BCUT2D eigenvalue weighted by molar-refractivity contribution is 6.05. The van der Waals surface area contributed by atoms with Crippen molar-refractivity contribution in [2.45, 2.75) is 26.2 Å². The van der Waals surface area contributed by atoms with Crippen LogP contribution in [-0.2, 0) is 5.41 Å². The number of ether oxygens (including phenoxy) is 2. The van der Waals surface area contributed by atoms with Gasteiger partial charge >= 0.3 is 0 Å². The molecule has 7 aromatic carbocycles. The van der Waals surface area contributed by atoms with Crippen LogP contribution in [0.5, 0.6) is 23.0 Å². The predicted octanol–water partition coefficient (Wildman–Crippen LogP) is 13.7. The van der Waals surface area contributed by atoms with Gasteiger partial charge in [0, 0.05) is 16.7 Å². The van der Waals surface area contributed by atoms with Crippen molar-refractivity contribution in [1.82, 2.24) is 0 Å². The summed E-state index contributed by atoms with van der Waals surface area (Å²) in [4.78, 5) is 4.56. The minimum Gasteiger partial charge on any atom is -0.453 e. The fourth-order valence-corrected chi connectivity index (χ4v) is 7.43. The molecule has 2 aliphatic heterocycles. The number of anilines is 6. The molecule has 0 atom stereocenters. The molecule has 7 aromatic rings. The molecular weight excluding hydrogens is 651 g/mol. The molecule has 52 heavy (non-hydrogen) atoms. The van der Waals surface area contributed by atoms with Crippen LogP contribution in [0.3, 0.4) is 0 Å². The van der Waals surface area contributed by atoms with E-state index in [1.165, 1.54) is 24.3 Å². The lowest BCUT2D eigenvalue weighted by atomic mass is 9.78. The Morgan fingerprint density at radius 2 is 0.731 bits per heavy atom. The maximum Gasteiger partial charge on any atom is 0.151 e. The van der Waals surface area contributed by atoms with Crippen molar-refractivity contribution in [3.8, 4) is 45.3 Å². The quantitative estimate of drug-likeness (QED) is 0.184. The number of fused-ring (bicyclic) bond motifs is 4. The fourth-order valence-electron chi connectivity index (χ4n) is 7.43. The van der Waals surface area contributed by atoms with E-state index in [-0.39, 0.29) is 11.6 Å². The molecule has 6 heteroatoms. The molecule has 0 bridgehead atoms. The number of rotatable bonds is 4. The molecule has 0 spiro atoms. The van der Waals surface area contributed by atoms with Gasteiger partial charge in [-0.05, 0) is 95.4 Å². The predicted molar refractivity (Wildman–Crippen MR) is 205 cm³/mol. The van der Waals surface area contributed by atoms with E-state index in [9.17, 15) is 8.78 Å². The van der Waals surface area contributed by atoms with Gasteiger partial charge < -0.3 is 19.3 Å². The van der Waals surface area contributed by atoms with E-state index in [1.807, 2.05) is 97.1 Å². The Bertz CT molecular complexity index is 2230. The number of hydrogen-bond acceptors (Lipinski definition) is 4. The highest BCUT2D eigenvalue weighted by Crippen LogP contribution is 2.61. The van der Waals surface area contributed by atoms with Crippen molar-refractivity contribution in [3.63, 3.8) is 0 Å². The third kappa shape index (κ3) is 5.18. The molecule has 9 rings (SSSR count). The van der Waals surface area contributed by atoms with E-state index >= 15 is 0 Å². The summed E-state index contributed by atoms with van der Waals surface area (Å²) in [7, 11) is 0. The molecular formula is C46H34F2N2O2. The van der Waals surface area contributed by atoms with Crippen LogP contribution in [0.2, 0.25) is 0 Å². The van der Waals surface area contributed by atoms with E-state index in [4.69, 9.17) is 9.47 Å². The molecule has 2 aliphatic rings. The van der Waals surface area contributed by atoms with Crippen LogP contribution in [0.4, 0.5) is 42.9 Å². The van der Waals surface area contributed by atoms with Crippen LogP contribution in [0.25, 0.3) is 22.3 Å². The summed E-state index contributed by atoms with van der Waals surface area (Å²) >= 11 is 0. The second kappa shape index (κ2) is 12.1. The highest BCUT2D eigenvalue weighted by atomic mass is 19.1. The topological polar surface area (TPSA) is 24.9 Å². The zero-order valence-electron chi connectivity index (χ0n) is 28.9. The fraction of sp³-hybridized carbons (Fsp3) is 0.0870. The Hall–Kier alpha value is -6.40. The standard InChI is InChI=1S/C46H34F2N2O2/c1-46(2,3)43-44(49-35-12-4-8-16-39(35)51-40-17-9-5-13-36(40)49)33(29-20-24-31(47)25-21-29)28-34(30-22-26-32(48)27-23-30)45(43)50-37-14-6-10-18-41(37)52-42-19-11-7-15-38(42)50/h4-28H,1-3H3. The molecule has 4 nitrogen and oxygen atoms in total. The third-order valence-electron chi connectivity index (χ3n) is 9.64. The van der Waals surface area contributed by atoms with Gasteiger partial charge in [0.2, 0.25) is 0 Å². The maximum absolute atomic E-state index is 14.6. The number of para-hydroxylation sites is 8. The van der Waals surface area contributed by atoms with Crippen molar-refractivity contribution in [2.24, 2.45) is 0 Å². The smallest absolute Gasteiger partial charge is 0.151 e. The lowest BCUT2D eigenvalue weighted by Gasteiger charge is -2.42. The molecule has 0 amide bonds. The van der Waals surface area contributed by atoms with Crippen molar-refractivity contribution in [2.75, 3.05) is 9.80 Å². The van der Waals surface area contributed by atoms with E-state index < -0.39 is 5.41 Å².